The zero-order valence-corrected chi connectivity index (χ0v) is 16.4. The number of carbonyl (C=O) groups is 1. The van der Waals surface area contributed by atoms with Crippen molar-refractivity contribution in [3.05, 3.63) is 107 Å². The number of rotatable bonds is 7. The van der Waals surface area contributed by atoms with E-state index in [2.05, 4.69) is 15.4 Å². The van der Waals surface area contributed by atoms with Crippen LogP contribution in [0.5, 0.6) is 0 Å². The molecule has 30 heavy (non-hydrogen) atoms. The number of aryl methyl sites for hydroxylation is 1. The quantitative estimate of drug-likeness (QED) is 0.466. The Morgan fingerprint density at radius 2 is 1.57 bits per heavy atom. The number of anilines is 1. The van der Waals surface area contributed by atoms with E-state index >= 15 is 0 Å². The van der Waals surface area contributed by atoms with E-state index < -0.39 is 0 Å². The number of nitrogens with one attached hydrogen (secondary N) is 2. The number of fused-ring (bicyclic) bond motifs is 1. The number of H-pyrrole nitrogens is 1. The first-order valence-corrected chi connectivity index (χ1v) is 9.83. The van der Waals surface area contributed by atoms with E-state index in [9.17, 15) is 9.59 Å². The van der Waals surface area contributed by atoms with Gasteiger partial charge in [-0.15, -0.1) is 0 Å². The molecule has 6 nitrogen and oxygen atoms in total. The van der Waals surface area contributed by atoms with Gasteiger partial charge in [-0.1, -0.05) is 60.7 Å². The van der Waals surface area contributed by atoms with Crippen molar-refractivity contribution in [1.82, 2.24) is 15.4 Å². The van der Waals surface area contributed by atoms with Crippen LogP contribution in [0.25, 0.3) is 10.9 Å². The molecule has 0 radical (unpaired) electrons. The highest BCUT2D eigenvalue weighted by Gasteiger charge is 2.12. The van der Waals surface area contributed by atoms with E-state index in [0.717, 1.165) is 11.3 Å². The molecule has 2 N–H and O–H groups in total. The first-order chi connectivity index (χ1) is 14.7. The predicted molar refractivity (Wildman–Crippen MR) is 118 cm³/mol. The highest BCUT2D eigenvalue weighted by Crippen LogP contribution is 2.15. The average molecular weight is 398 g/mol. The summed E-state index contributed by atoms with van der Waals surface area (Å²) >= 11 is 0. The van der Waals surface area contributed by atoms with E-state index in [0.29, 0.717) is 29.7 Å². The van der Waals surface area contributed by atoms with Crippen LogP contribution in [0.3, 0.4) is 0 Å². The van der Waals surface area contributed by atoms with Crippen LogP contribution < -0.4 is 16.0 Å². The number of aromatic amines is 1. The molecule has 6 heteroatoms. The molecule has 4 aromatic rings. The third-order valence-corrected chi connectivity index (χ3v) is 4.76. The lowest BCUT2D eigenvalue weighted by molar-refractivity contribution is -0.121. The molecule has 0 aliphatic carbocycles. The lowest BCUT2D eigenvalue weighted by Crippen LogP contribution is -2.42. The summed E-state index contributed by atoms with van der Waals surface area (Å²) in [4.78, 5) is 32.1. The van der Waals surface area contributed by atoms with Gasteiger partial charge in [0.15, 0.2) is 0 Å². The minimum Gasteiger partial charge on any atom is -0.310 e. The fourth-order valence-corrected chi connectivity index (χ4v) is 3.26. The summed E-state index contributed by atoms with van der Waals surface area (Å²) in [6.45, 7) is 0.543. The molecule has 0 saturated carbocycles. The maximum Gasteiger partial charge on any atom is 0.258 e. The van der Waals surface area contributed by atoms with Crippen LogP contribution in [0.4, 0.5) is 5.69 Å². The second-order valence-corrected chi connectivity index (χ2v) is 6.97. The molecule has 0 aliphatic heterocycles. The summed E-state index contributed by atoms with van der Waals surface area (Å²) in [5.74, 6) is 0.355. The molecule has 1 heterocycles. The van der Waals surface area contributed by atoms with Gasteiger partial charge in [0.2, 0.25) is 5.91 Å². The molecule has 0 saturated heterocycles. The number of benzene rings is 3. The van der Waals surface area contributed by atoms with Crippen LogP contribution in [0.15, 0.2) is 89.7 Å². The van der Waals surface area contributed by atoms with Gasteiger partial charge in [0.1, 0.15) is 5.82 Å². The zero-order valence-electron chi connectivity index (χ0n) is 16.4. The topological polar surface area (TPSA) is 78.1 Å². The number of amides is 1. The van der Waals surface area contributed by atoms with Crippen molar-refractivity contribution in [2.24, 2.45) is 0 Å². The molecule has 0 spiro atoms. The van der Waals surface area contributed by atoms with Gasteiger partial charge in [-0.05, 0) is 29.8 Å². The van der Waals surface area contributed by atoms with E-state index in [4.69, 9.17) is 0 Å². The second kappa shape index (κ2) is 9.05. The molecule has 0 aliphatic rings. The molecule has 0 fully saturated rings. The molecule has 1 amide bonds. The largest absolute Gasteiger partial charge is 0.310 e. The SMILES string of the molecule is O=C(CCc1nc2ccccc2c(=O)[nH]1)NN(Cc1ccccc1)c1ccccc1. The number of nitrogens with zero attached hydrogens (tertiary/aromatic N) is 2. The summed E-state index contributed by atoms with van der Waals surface area (Å²) in [6.07, 6.45) is 0.555. The van der Waals surface area contributed by atoms with E-state index in [1.54, 1.807) is 18.2 Å². The lowest BCUT2D eigenvalue weighted by Gasteiger charge is -2.25. The van der Waals surface area contributed by atoms with Crippen molar-refractivity contribution in [2.45, 2.75) is 19.4 Å². The molecule has 0 bridgehead atoms. The van der Waals surface area contributed by atoms with Crippen LogP contribution in [0.1, 0.15) is 17.8 Å². The summed E-state index contributed by atoms with van der Waals surface area (Å²) in [7, 11) is 0. The first-order valence-electron chi connectivity index (χ1n) is 9.83. The third kappa shape index (κ3) is 4.72. The molecular formula is C24H22N4O2. The first kappa shape index (κ1) is 19.4. The van der Waals surface area contributed by atoms with Gasteiger partial charge in [0, 0.05) is 12.8 Å². The minimum absolute atomic E-state index is 0.148. The van der Waals surface area contributed by atoms with Crippen LogP contribution in [0, 0.1) is 0 Å². The Morgan fingerprint density at radius 1 is 0.900 bits per heavy atom. The van der Waals surface area contributed by atoms with Gasteiger partial charge in [-0.25, -0.2) is 4.98 Å². The van der Waals surface area contributed by atoms with Crippen LogP contribution in [-0.2, 0) is 17.8 Å². The molecule has 4 rings (SSSR count). The molecule has 150 valence electrons. The van der Waals surface area contributed by atoms with Crippen molar-refractivity contribution < 1.29 is 4.79 Å². The Morgan fingerprint density at radius 3 is 2.33 bits per heavy atom. The smallest absolute Gasteiger partial charge is 0.258 e. The Hall–Kier alpha value is -3.93. The Bertz CT molecular complexity index is 1190. The van der Waals surface area contributed by atoms with Crippen LogP contribution in [0.2, 0.25) is 0 Å². The van der Waals surface area contributed by atoms with Gasteiger partial charge in [0.05, 0.1) is 23.1 Å². The maximum atomic E-state index is 12.7. The van der Waals surface area contributed by atoms with Crippen molar-refractivity contribution in [3.8, 4) is 0 Å². The molecule has 0 unspecified atom stereocenters. The number of aromatic nitrogens is 2. The number of hydrogen-bond donors (Lipinski definition) is 2. The van der Waals surface area contributed by atoms with Gasteiger partial charge < -0.3 is 4.98 Å². The minimum atomic E-state index is -0.189. The number of para-hydroxylation sites is 2. The number of hydrogen-bond acceptors (Lipinski definition) is 4. The highest BCUT2D eigenvalue weighted by atomic mass is 16.2. The predicted octanol–water partition coefficient (Wildman–Crippen LogP) is 3.59. The van der Waals surface area contributed by atoms with Crippen molar-refractivity contribution >= 4 is 22.5 Å². The summed E-state index contributed by atoms with van der Waals surface area (Å²) in [5.41, 5.74) is 5.40. The Kier molecular flexibility index (Phi) is 5.85. The second-order valence-electron chi connectivity index (χ2n) is 6.97. The molecular weight excluding hydrogens is 376 g/mol. The Balaban J connectivity index is 1.45. The van der Waals surface area contributed by atoms with Crippen molar-refractivity contribution in [2.75, 3.05) is 5.01 Å². The summed E-state index contributed by atoms with van der Waals surface area (Å²) < 4.78 is 0. The highest BCUT2D eigenvalue weighted by molar-refractivity contribution is 5.79. The number of carbonyl (C=O) groups excluding carboxylic acids is 1. The zero-order chi connectivity index (χ0) is 20.8. The van der Waals surface area contributed by atoms with Crippen LogP contribution in [-0.4, -0.2) is 15.9 Å². The molecule has 3 aromatic carbocycles. The molecule has 0 atom stereocenters. The van der Waals surface area contributed by atoms with Crippen LogP contribution >= 0.6 is 0 Å². The van der Waals surface area contributed by atoms with Gasteiger partial charge in [-0.3, -0.25) is 20.0 Å². The Labute approximate surface area is 174 Å². The van der Waals surface area contributed by atoms with E-state index in [-0.39, 0.29) is 17.9 Å². The number of hydrazine groups is 1. The van der Waals surface area contributed by atoms with Crippen molar-refractivity contribution in [1.29, 1.82) is 0 Å². The fourth-order valence-electron chi connectivity index (χ4n) is 3.26. The summed E-state index contributed by atoms with van der Waals surface area (Å²) in [6, 6.07) is 26.8. The van der Waals surface area contributed by atoms with Crippen molar-refractivity contribution in [3.63, 3.8) is 0 Å². The monoisotopic (exact) mass is 398 g/mol. The van der Waals surface area contributed by atoms with Gasteiger partial charge in [0.25, 0.3) is 5.56 Å². The normalized spacial score (nSPS) is 10.7. The maximum absolute atomic E-state index is 12.7. The van der Waals surface area contributed by atoms with E-state index in [1.807, 2.05) is 71.7 Å². The third-order valence-electron chi connectivity index (χ3n) is 4.76. The molecule has 1 aromatic heterocycles. The lowest BCUT2D eigenvalue weighted by atomic mass is 10.2. The fraction of sp³-hybridized carbons (Fsp3) is 0.125. The van der Waals surface area contributed by atoms with Gasteiger partial charge >= 0.3 is 0 Å². The average Bonchev–Trinajstić information content (AvgIpc) is 2.79. The summed E-state index contributed by atoms with van der Waals surface area (Å²) in [5, 5.41) is 2.37. The van der Waals surface area contributed by atoms with Gasteiger partial charge in [-0.2, -0.15) is 0 Å². The van der Waals surface area contributed by atoms with E-state index in [1.165, 1.54) is 0 Å². The standard InChI is InChI=1S/C24H22N4O2/c29-23(16-15-22-25-21-14-8-7-13-20(21)24(30)26-22)27-28(19-11-5-2-6-12-19)17-18-9-3-1-4-10-18/h1-14H,15-17H2,(H,27,29)(H,25,26,30).